The van der Waals surface area contributed by atoms with Gasteiger partial charge in [0.1, 0.15) is 0 Å². The molecule has 0 saturated heterocycles. The Balaban J connectivity index is 1.87. The molecule has 0 aromatic heterocycles. The minimum Gasteiger partial charge on any atom is -0.126 e. The summed E-state index contributed by atoms with van der Waals surface area (Å²) in [4.78, 5) is 0. The van der Waals surface area contributed by atoms with Gasteiger partial charge >= 0.3 is 0 Å². The van der Waals surface area contributed by atoms with Crippen LogP contribution in [0.15, 0.2) is 0 Å². The monoisotopic (exact) mass is 172 g/mol. The molecule has 0 aliphatic heterocycles. The van der Waals surface area contributed by atoms with E-state index in [1.165, 1.54) is 38.5 Å². The second-order valence-corrected chi connectivity index (χ2v) is 4.51. The van der Waals surface area contributed by atoms with Gasteiger partial charge in [-0.3, -0.25) is 0 Å². The number of alkyl halides is 1. The fraction of sp³-hybridized carbons (Fsp3) is 1.00. The van der Waals surface area contributed by atoms with Crippen LogP contribution in [-0.4, -0.2) is 5.88 Å². The number of hydrogen-bond acceptors (Lipinski definition) is 0. The smallest absolute Gasteiger partial charge is 0.0257 e. The van der Waals surface area contributed by atoms with Crippen molar-refractivity contribution in [3.05, 3.63) is 0 Å². The van der Waals surface area contributed by atoms with Crippen molar-refractivity contribution in [2.24, 2.45) is 17.8 Å². The lowest BCUT2D eigenvalue weighted by molar-refractivity contribution is 0.332. The van der Waals surface area contributed by atoms with E-state index in [0.717, 1.165) is 23.6 Å². The fourth-order valence-electron chi connectivity index (χ4n) is 2.55. The Morgan fingerprint density at radius 3 is 2.00 bits per heavy atom. The first kappa shape index (κ1) is 7.91. The average molecular weight is 173 g/mol. The van der Waals surface area contributed by atoms with E-state index in [9.17, 15) is 0 Å². The lowest BCUT2D eigenvalue weighted by Gasteiger charge is -2.19. The van der Waals surface area contributed by atoms with Crippen LogP contribution in [0.4, 0.5) is 0 Å². The van der Waals surface area contributed by atoms with E-state index >= 15 is 0 Å². The lowest BCUT2D eigenvalue weighted by atomic mass is 9.88. The summed E-state index contributed by atoms with van der Waals surface area (Å²) in [7, 11) is 0. The summed E-state index contributed by atoms with van der Waals surface area (Å²) in [6.45, 7) is 0. The fourth-order valence-corrected chi connectivity index (χ4v) is 3.05. The molecule has 2 rings (SSSR count). The largest absolute Gasteiger partial charge is 0.126 e. The van der Waals surface area contributed by atoms with E-state index in [1.54, 1.807) is 0 Å². The molecule has 0 nitrogen and oxygen atoms in total. The molecule has 64 valence electrons. The molecular weight excluding hydrogens is 156 g/mol. The molecule has 1 atom stereocenters. The molecule has 2 fully saturated rings. The van der Waals surface area contributed by atoms with Crippen LogP contribution in [0, 0.1) is 17.8 Å². The highest BCUT2D eigenvalue weighted by Gasteiger charge is 2.36. The minimum absolute atomic E-state index is 0.888. The third kappa shape index (κ3) is 1.72. The van der Waals surface area contributed by atoms with Gasteiger partial charge in [0.05, 0.1) is 0 Å². The van der Waals surface area contributed by atoms with Gasteiger partial charge in [-0.2, -0.15) is 0 Å². The summed E-state index contributed by atoms with van der Waals surface area (Å²) in [5.74, 6) is 3.84. The van der Waals surface area contributed by atoms with Crippen molar-refractivity contribution in [2.45, 2.75) is 38.5 Å². The standard InChI is InChI=1S/C10H17Cl/c11-7-10(9-5-6-9)8-3-1-2-4-8/h8-10H,1-7H2. The molecule has 2 saturated carbocycles. The Morgan fingerprint density at radius 1 is 1.00 bits per heavy atom. The van der Waals surface area contributed by atoms with Crippen LogP contribution in [0.25, 0.3) is 0 Å². The summed E-state index contributed by atoms with van der Waals surface area (Å²) in [6, 6.07) is 0. The van der Waals surface area contributed by atoms with Crippen LogP contribution in [0.3, 0.4) is 0 Å². The molecule has 1 heteroatoms. The van der Waals surface area contributed by atoms with E-state index < -0.39 is 0 Å². The third-order valence-electron chi connectivity index (χ3n) is 3.41. The molecule has 2 aliphatic rings. The van der Waals surface area contributed by atoms with Crippen LogP contribution in [0.2, 0.25) is 0 Å². The van der Waals surface area contributed by atoms with E-state index in [-0.39, 0.29) is 0 Å². The highest BCUT2D eigenvalue weighted by Crippen LogP contribution is 2.45. The Labute approximate surface area is 74.3 Å². The van der Waals surface area contributed by atoms with Crippen LogP contribution < -0.4 is 0 Å². The molecule has 0 aromatic carbocycles. The molecule has 0 amide bonds. The Morgan fingerprint density at radius 2 is 1.55 bits per heavy atom. The Hall–Kier alpha value is 0.290. The van der Waals surface area contributed by atoms with Crippen molar-refractivity contribution in [3.63, 3.8) is 0 Å². The highest BCUT2D eigenvalue weighted by molar-refractivity contribution is 6.18. The SMILES string of the molecule is ClCC(C1CCCC1)C1CC1. The van der Waals surface area contributed by atoms with Gasteiger partial charge in [0.2, 0.25) is 0 Å². The molecule has 1 unspecified atom stereocenters. The molecular formula is C10H17Cl. The highest BCUT2D eigenvalue weighted by atomic mass is 35.5. The minimum atomic E-state index is 0.888. The maximum atomic E-state index is 5.98. The zero-order chi connectivity index (χ0) is 7.68. The van der Waals surface area contributed by atoms with Gasteiger partial charge in [-0.15, -0.1) is 11.6 Å². The first-order chi connectivity index (χ1) is 5.42. The molecule has 0 bridgehead atoms. The van der Waals surface area contributed by atoms with E-state index in [2.05, 4.69) is 0 Å². The summed E-state index contributed by atoms with van der Waals surface area (Å²) < 4.78 is 0. The second kappa shape index (κ2) is 3.35. The van der Waals surface area contributed by atoms with Gasteiger partial charge in [-0.05, 0) is 30.6 Å². The number of halogens is 1. The maximum Gasteiger partial charge on any atom is 0.0257 e. The van der Waals surface area contributed by atoms with Crippen molar-refractivity contribution in [1.29, 1.82) is 0 Å². The van der Waals surface area contributed by atoms with Crippen LogP contribution in [-0.2, 0) is 0 Å². The van der Waals surface area contributed by atoms with E-state index in [4.69, 9.17) is 11.6 Å². The normalized spacial score (nSPS) is 29.2. The van der Waals surface area contributed by atoms with Crippen LogP contribution in [0.1, 0.15) is 38.5 Å². The summed E-state index contributed by atoms with van der Waals surface area (Å²) in [5, 5.41) is 0. The molecule has 0 spiro atoms. The zero-order valence-corrected chi connectivity index (χ0v) is 7.82. The molecule has 0 radical (unpaired) electrons. The van der Waals surface area contributed by atoms with Crippen molar-refractivity contribution in [3.8, 4) is 0 Å². The van der Waals surface area contributed by atoms with Crippen molar-refractivity contribution in [2.75, 3.05) is 5.88 Å². The number of rotatable bonds is 3. The molecule has 2 aliphatic carbocycles. The quantitative estimate of drug-likeness (QED) is 0.573. The molecule has 0 aromatic rings. The molecule has 0 heterocycles. The van der Waals surface area contributed by atoms with Crippen molar-refractivity contribution in [1.82, 2.24) is 0 Å². The lowest BCUT2D eigenvalue weighted by Crippen LogP contribution is -2.15. The summed E-state index contributed by atoms with van der Waals surface area (Å²) in [6.07, 6.45) is 8.79. The average Bonchev–Trinajstić information content (AvgIpc) is 2.68. The van der Waals surface area contributed by atoms with Gasteiger partial charge in [0.25, 0.3) is 0 Å². The van der Waals surface area contributed by atoms with Gasteiger partial charge in [-0.25, -0.2) is 0 Å². The zero-order valence-electron chi connectivity index (χ0n) is 7.06. The first-order valence-corrected chi connectivity index (χ1v) is 5.51. The predicted molar refractivity (Wildman–Crippen MR) is 48.9 cm³/mol. The van der Waals surface area contributed by atoms with Gasteiger partial charge < -0.3 is 0 Å². The topological polar surface area (TPSA) is 0 Å². The van der Waals surface area contributed by atoms with Crippen molar-refractivity contribution < 1.29 is 0 Å². The van der Waals surface area contributed by atoms with Crippen LogP contribution >= 0.6 is 11.6 Å². The van der Waals surface area contributed by atoms with Gasteiger partial charge in [0, 0.05) is 5.88 Å². The maximum absolute atomic E-state index is 5.98. The van der Waals surface area contributed by atoms with Gasteiger partial charge in [0.15, 0.2) is 0 Å². The predicted octanol–water partition coefficient (Wildman–Crippen LogP) is 3.44. The summed E-state index contributed by atoms with van der Waals surface area (Å²) in [5.41, 5.74) is 0. The Bertz CT molecular complexity index is 123. The van der Waals surface area contributed by atoms with Crippen LogP contribution in [0.5, 0.6) is 0 Å². The second-order valence-electron chi connectivity index (χ2n) is 4.20. The van der Waals surface area contributed by atoms with E-state index in [0.29, 0.717) is 0 Å². The number of hydrogen-bond donors (Lipinski definition) is 0. The summed E-state index contributed by atoms with van der Waals surface area (Å²) >= 11 is 5.98. The first-order valence-electron chi connectivity index (χ1n) is 4.98. The van der Waals surface area contributed by atoms with Crippen molar-refractivity contribution >= 4 is 11.6 Å². The molecule has 11 heavy (non-hydrogen) atoms. The van der Waals surface area contributed by atoms with E-state index in [1.807, 2.05) is 0 Å². The third-order valence-corrected chi connectivity index (χ3v) is 3.77. The van der Waals surface area contributed by atoms with Gasteiger partial charge in [-0.1, -0.05) is 25.7 Å². The Kier molecular flexibility index (Phi) is 2.41. The molecule has 0 N–H and O–H groups in total.